The van der Waals surface area contributed by atoms with Crippen molar-refractivity contribution in [1.82, 2.24) is 4.98 Å². The highest BCUT2D eigenvalue weighted by Gasteiger charge is 2.26. The highest BCUT2D eigenvalue weighted by Crippen LogP contribution is 2.43. The van der Waals surface area contributed by atoms with E-state index in [0.717, 1.165) is 15.8 Å². The van der Waals surface area contributed by atoms with Crippen molar-refractivity contribution in [2.45, 2.75) is 18.8 Å². The molecule has 0 spiro atoms. The van der Waals surface area contributed by atoms with Crippen LogP contribution < -0.4 is 0 Å². The summed E-state index contributed by atoms with van der Waals surface area (Å²) >= 11 is 1.74. The fourth-order valence-electron chi connectivity index (χ4n) is 1.52. The van der Waals surface area contributed by atoms with Crippen molar-refractivity contribution >= 4 is 21.6 Å². The molecule has 1 aliphatic rings. The van der Waals surface area contributed by atoms with Crippen LogP contribution in [0.3, 0.4) is 0 Å². The number of nitrogens with zero attached hydrogens (tertiary/aromatic N) is 2. The second-order valence-corrected chi connectivity index (χ2v) is 4.68. The normalized spacial score (nSPS) is 15.6. The topological polar surface area (TPSA) is 36.7 Å². The molecule has 1 aromatic heterocycles. The zero-order chi connectivity index (χ0) is 9.54. The van der Waals surface area contributed by atoms with Crippen molar-refractivity contribution in [3.8, 4) is 6.07 Å². The molecule has 1 aliphatic carbocycles. The second kappa shape index (κ2) is 2.79. The maximum atomic E-state index is 8.76. The Labute approximate surface area is 85.8 Å². The Morgan fingerprint density at radius 2 is 2.29 bits per heavy atom. The molecule has 0 bridgehead atoms. The van der Waals surface area contributed by atoms with Gasteiger partial charge in [-0.2, -0.15) is 5.26 Å². The van der Waals surface area contributed by atoms with Gasteiger partial charge in [0.05, 0.1) is 26.9 Å². The van der Waals surface area contributed by atoms with Crippen LogP contribution in [-0.2, 0) is 0 Å². The van der Waals surface area contributed by atoms with Gasteiger partial charge < -0.3 is 0 Å². The molecular weight excluding hydrogens is 192 g/mol. The van der Waals surface area contributed by atoms with Crippen LogP contribution in [-0.4, -0.2) is 4.98 Å². The van der Waals surface area contributed by atoms with Gasteiger partial charge in [0.1, 0.15) is 0 Å². The Hall–Kier alpha value is -1.40. The van der Waals surface area contributed by atoms with Crippen molar-refractivity contribution in [1.29, 1.82) is 5.26 Å². The molecule has 3 rings (SSSR count). The largest absolute Gasteiger partial charge is 0.241 e. The standard InChI is InChI=1S/C11H8N2S/c12-6-7-1-4-9-10(5-7)14-11(13-9)8-2-3-8/h1,4-5,8H,2-3H2. The lowest BCUT2D eigenvalue weighted by atomic mass is 10.2. The van der Waals surface area contributed by atoms with E-state index >= 15 is 0 Å². The molecule has 0 unspecified atom stereocenters. The molecular formula is C11H8N2S. The summed E-state index contributed by atoms with van der Waals surface area (Å²) in [5.74, 6) is 0.706. The number of hydrogen-bond donors (Lipinski definition) is 0. The molecule has 1 aromatic carbocycles. The summed E-state index contributed by atoms with van der Waals surface area (Å²) in [4.78, 5) is 4.56. The van der Waals surface area contributed by atoms with Gasteiger partial charge in [0, 0.05) is 5.92 Å². The summed E-state index contributed by atoms with van der Waals surface area (Å²) in [5, 5.41) is 10.0. The van der Waals surface area contributed by atoms with Crippen molar-refractivity contribution in [3.63, 3.8) is 0 Å². The second-order valence-electron chi connectivity index (χ2n) is 3.62. The van der Waals surface area contributed by atoms with Gasteiger partial charge in [-0.05, 0) is 31.0 Å². The van der Waals surface area contributed by atoms with E-state index in [1.54, 1.807) is 11.3 Å². The molecule has 1 heterocycles. The van der Waals surface area contributed by atoms with Gasteiger partial charge in [0.25, 0.3) is 0 Å². The lowest BCUT2D eigenvalue weighted by molar-refractivity contribution is 1.10. The minimum absolute atomic E-state index is 0.706. The molecule has 3 heteroatoms. The van der Waals surface area contributed by atoms with Crippen molar-refractivity contribution in [3.05, 3.63) is 28.8 Å². The van der Waals surface area contributed by atoms with Crippen molar-refractivity contribution in [2.75, 3.05) is 0 Å². The number of aromatic nitrogens is 1. The molecule has 68 valence electrons. The Balaban J connectivity index is 2.18. The van der Waals surface area contributed by atoms with Crippen molar-refractivity contribution in [2.24, 2.45) is 0 Å². The molecule has 0 saturated heterocycles. The van der Waals surface area contributed by atoms with E-state index in [-0.39, 0.29) is 0 Å². The van der Waals surface area contributed by atoms with E-state index < -0.39 is 0 Å². The predicted molar refractivity (Wildman–Crippen MR) is 56.3 cm³/mol. The van der Waals surface area contributed by atoms with E-state index in [1.165, 1.54) is 17.8 Å². The molecule has 1 saturated carbocycles. The van der Waals surface area contributed by atoms with Gasteiger partial charge in [-0.3, -0.25) is 0 Å². The van der Waals surface area contributed by atoms with Gasteiger partial charge in [-0.1, -0.05) is 0 Å². The molecule has 0 amide bonds. The number of benzene rings is 1. The summed E-state index contributed by atoms with van der Waals surface area (Å²) in [5.41, 5.74) is 1.76. The lowest BCUT2D eigenvalue weighted by Gasteiger charge is -1.86. The quantitative estimate of drug-likeness (QED) is 0.709. The minimum atomic E-state index is 0.706. The average molecular weight is 200 g/mol. The molecule has 2 nitrogen and oxygen atoms in total. The third-order valence-corrected chi connectivity index (χ3v) is 3.64. The Morgan fingerprint density at radius 1 is 1.43 bits per heavy atom. The van der Waals surface area contributed by atoms with Crippen LogP contribution in [0.25, 0.3) is 10.2 Å². The van der Waals surface area contributed by atoms with E-state index in [1.807, 2.05) is 18.2 Å². The monoisotopic (exact) mass is 200 g/mol. The first-order chi connectivity index (χ1) is 6.86. The van der Waals surface area contributed by atoms with Gasteiger partial charge in [0.15, 0.2) is 0 Å². The minimum Gasteiger partial charge on any atom is -0.241 e. The third kappa shape index (κ3) is 1.19. The molecule has 0 N–H and O–H groups in total. The predicted octanol–water partition coefficient (Wildman–Crippen LogP) is 3.05. The van der Waals surface area contributed by atoms with E-state index in [0.29, 0.717) is 5.92 Å². The van der Waals surface area contributed by atoms with E-state index in [4.69, 9.17) is 5.26 Å². The third-order valence-electron chi connectivity index (χ3n) is 2.46. The Kier molecular flexibility index (Phi) is 1.59. The molecule has 14 heavy (non-hydrogen) atoms. The first kappa shape index (κ1) is 7.95. The fraction of sp³-hybridized carbons (Fsp3) is 0.273. The number of fused-ring (bicyclic) bond motifs is 1. The van der Waals surface area contributed by atoms with Crippen LogP contribution in [0.4, 0.5) is 0 Å². The van der Waals surface area contributed by atoms with Crippen LogP contribution in [0.15, 0.2) is 18.2 Å². The highest BCUT2D eigenvalue weighted by molar-refractivity contribution is 7.18. The molecule has 1 fully saturated rings. The van der Waals surface area contributed by atoms with Gasteiger partial charge in [-0.25, -0.2) is 4.98 Å². The van der Waals surface area contributed by atoms with E-state index in [9.17, 15) is 0 Å². The Morgan fingerprint density at radius 3 is 3.00 bits per heavy atom. The van der Waals surface area contributed by atoms with Crippen LogP contribution >= 0.6 is 11.3 Å². The summed E-state index contributed by atoms with van der Waals surface area (Å²) in [6, 6.07) is 7.85. The SMILES string of the molecule is N#Cc1ccc2nc(C3CC3)sc2c1. The smallest absolute Gasteiger partial charge is 0.0992 e. The summed E-state index contributed by atoms with van der Waals surface area (Å²) < 4.78 is 1.14. The van der Waals surface area contributed by atoms with Crippen LogP contribution in [0, 0.1) is 11.3 Å². The van der Waals surface area contributed by atoms with Crippen molar-refractivity contribution < 1.29 is 0 Å². The molecule has 2 aromatic rings. The molecule has 0 radical (unpaired) electrons. The molecule has 0 aliphatic heterocycles. The molecule has 0 atom stereocenters. The lowest BCUT2D eigenvalue weighted by Crippen LogP contribution is -1.74. The number of nitriles is 1. The van der Waals surface area contributed by atoms with Crippen LogP contribution in [0.1, 0.15) is 29.3 Å². The van der Waals surface area contributed by atoms with E-state index in [2.05, 4.69) is 11.1 Å². The average Bonchev–Trinajstić information content (AvgIpc) is 2.97. The Bertz CT molecular complexity index is 532. The van der Waals surface area contributed by atoms with Gasteiger partial charge >= 0.3 is 0 Å². The number of rotatable bonds is 1. The first-order valence-corrected chi connectivity index (χ1v) is 5.49. The van der Waals surface area contributed by atoms with Crippen LogP contribution in [0.2, 0.25) is 0 Å². The zero-order valence-corrected chi connectivity index (χ0v) is 8.34. The fourth-order valence-corrected chi connectivity index (χ4v) is 2.69. The summed E-state index contributed by atoms with van der Waals surface area (Å²) in [7, 11) is 0. The van der Waals surface area contributed by atoms with Crippen LogP contribution in [0.5, 0.6) is 0 Å². The zero-order valence-electron chi connectivity index (χ0n) is 7.53. The maximum absolute atomic E-state index is 8.76. The maximum Gasteiger partial charge on any atom is 0.0992 e. The first-order valence-electron chi connectivity index (χ1n) is 4.67. The number of hydrogen-bond acceptors (Lipinski definition) is 3. The highest BCUT2D eigenvalue weighted by atomic mass is 32.1. The summed E-state index contributed by atoms with van der Waals surface area (Å²) in [6.45, 7) is 0. The number of thiazole rings is 1. The summed E-state index contributed by atoms with van der Waals surface area (Å²) in [6.07, 6.45) is 2.57. The van der Waals surface area contributed by atoms with Gasteiger partial charge in [-0.15, -0.1) is 11.3 Å². The van der Waals surface area contributed by atoms with Gasteiger partial charge in [0.2, 0.25) is 0 Å².